The van der Waals surface area contributed by atoms with Crippen LogP contribution in [0.3, 0.4) is 0 Å². The topological polar surface area (TPSA) is 127 Å². The van der Waals surface area contributed by atoms with Gasteiger partial charge < -0.3 is 56.0 Å². The van der Waals surface area contributed by atoms with Crippen LogP contribution in [0.5, 0.6) is 0 Å². The van der Waals surface area contributed by atoms with Gasteiger partial charge in [-0.25, -0.2) is 0 Å². The third-order valence-electron chi connectivity index (χ3n) is 8.03. The first kappa shape index (κ1) is 52.8. The Kier molecular flexibility index (Phi) is 19.4. The molecule has 2 saturated heterocycles. The highest BCUT2D eigenvalue weighted by molar-refractivity contribution is 6.93. The summed E-state index contributed by atoms with van der Waals surface area (Å²) in [6.07, 6.45) is 2.56. The van der Waals surface area contributed by atoms with Crippen molar-refractivity contribution in [3.8, 4) is 0 Å². The molecule has 0 saturated carbocycles. The average Bonchev–Trinajstić information content (AvgIpc) is 3.77. The number of hydrogen-bond donors (Lipinski definition) is 0. The molecule has 0 spiro atoms. The maximum atomic E-state index is 6.84. The minimum atomic E-state index is -2.71. The maximum absolute atomic E-state index is 6.84. The number of ether oxygens (including phenoxy) is 4. The van der Waals surface area contributed by atoms with Crippen LogP contribution in [0.15, 0.2) is 0 Å². The molecule has 0 aromatic heterocycles. The lowest BCUT2D eigenvalue weighted by Crippen LogP contribution is -2.62. The van der Waals surface area contributed by atoms with Gasteiger partial charge in [0.1, 0.15) is 12.2 Å². The van der Waals surface area contributed by atoms with E-state index in [0.29, 0.717) is 25.4 Å². The van der Waals surface area contributed by atoms with E-state index in [9.17, 15) is 0 Å². The molecule has 0 aromatic carbocycles. The summed E-state index contributed by atoms with van der Waals surface area (Å²) in [5.41, 5.74) is 0. The zero-order valence-electron chi connectivity index (χ0n) is 38.5. The van der Waals surface area contributed by atoms with Gasteiger partial charge in [0.2, 0.25) is 0 Å². The summed E-state index contributed by atoms with van der Waals surface area (Å²) in [6, 6.07) is 2.03. The predicted octanol–water partition coefficient (Wildman–Crippen LogP) is 8.77. The van der Waals surface area contributed by atoms with Gasteiger partial charge in [-0.15, -0.1) is 0 Å². The second kappa shape index (κ2) is 20.2. The lowest BCUT2D eigenvalue weighted by Gasteiger charge is -2.44. The molecular formula is C32H82O13Si10. The largest absolute Gasteiger partial charge is 0.436 e. The van der Waals surface area contributed by atoms with Crippen LogP contribution in [-0.2, 0) is 56.0 Å². The van der Waals surface area contributed by atoms with Gasteiger partial charge in [0.15, 0.2) is 16.6 Å². The van der Waals surface area contributed by atoms with Crippen molar-refractivity contribution in [1.82, 2.24) is 0 Å². The summed E-state index contributed by atoms with van der Waals surface area (Å²) in [4.78, 5) is 0. The number of epoxide rings is 2. The number of rotatable bonds is 30. The van der Waals surface area contributed by atoms with Gasteiger partial charge in [0.05, 0.1) is 26.4 Å². The molecule has 0 amide bonds. The molecular weight excluding hydrogens is 873 g/mol. The maximum Gasteiger partial charge on any atom is 0.314 e. The van der Waals surface area contributed by atoms with Crippen molar-refractivity contribution in [1.29, 1.82) is 0 Å². The van der Waals surface area contributed by atoms with Gasteiger partial charge in [0, 0.05) is 13.2 Å². The molecule has 2 aliphatic heterocycles. The molecule has 55 heavy (non-hydrogen) atoms. The molecule has 2 rings (SSSR count). The normalized spacial score (nSPS) is 19.6. The van der Waals surface area contributed by atoms with Crippen LogP contribution in [-0.4, -0.2) is 137 Å². The van der Waals surface area contributed by atoms with Crippen LogP contribution < -0.4 is 0 Å². The highest BCUT2D eigenvalue weighted by Gasteiger charge is 2.50. The van der Waals surface area contributed by atoms with Crippen molar-refractivity contribution in [2.75, 3.05) is 39.6 Å². The minimum Gasteiger partial charge on any atom is -0.436 e. The fraction of sp³-hybridized carbons (Fsp3) is 1.00. The molecule has 0 radical (unpaired) electrons. The van der Waals surface area contributed by atoms with E-state index in [1.807, 2.05) is 0 Å². The first-order chi connectivity index (χ1) is 24.5. The summed E-state index contributed by atoms with van der Waals surface area (Å²) < 4.78 is 83.3. The quantitative estimate of drug-likeness (QED) is 0.0387. The monoisotopic (exact) mass is 954 g/mol. The molecule has 0 aromatic rings. The smallest absolute Gasteiger partial charge is 0.314 e. The number of hydrogen-bond acceptors (Lipinski definition) is 13. The Balaban J connectivity index is 1.89. The van der Waals surface area contributed by atoms with Gasteiger partial charge in [-0.05, 0) is 156 Å². The summed E-state index contributed by atoms with van der Waals surface area (Å²) >= 11 is 0. The first-order valence-corrected chi connectivity index (χ1v) is 49.0. The van der Waals surface area contributed by atoms with E-state index in [0.717, 1.165) is 51.4 Å². The van der Waals surface area contributed by atoms with E-state index in [1.165, 1.54) is 0 Å². The van der Waals surface area contributed by atoms with Crippen molar-refractivity contribution >= 4 is 85.1 Å². The van der Waals surface area contributed by atoms with Crippen LogP contribution in [0.1, 0.15) is 12.8 Å². The van der Waals surface area contributed by atoms with Crippen LogP contribution in [0.2, 0.25) is 143 Å². The van der Waals surface area contributed by atoms with E-state index in [1.54, 1.807) is 0 Å². The zero-order valence-corrected chi connectivity index (χ0v) is 48.5. The fourth-order valence-electron chi connectivity index (χ4n) is 7.70. The Morgan fingerprint density at radius 2 is 0.545 bits per heavy atom. The minimum absolute atomic E-state index is 0.300. The standard InChI is InChI=1S/C32H82O13Si10/c1-46(2,25-21-23-33-27-31-29-35-31)37-48(5,6)39-50(9,10)41-52(13,14)43-54(17,18)45-55(19,20)44-53(15,16)42-51(11,12)40-49(7,8)38-47(3,4)26-22-24-34-28-32-30-36-32/h31-32H,21-30H2,1-20H3. The molecule has 13 nitrogen and oxygen atoms in total. The van der Waals surface area contributed by atoms with E-state index in [-0.39, 0.29) is 0 Å². The Morgan fingerprint density at radius 1 is 0.345 bits per heavy atom. The Labute approximate surface area is 347 Å². The summed E-state index contributed by atoms with van der Waals surface area (Å²) in [5.74, 6) is 0. The van der Waals surface area contributed by atoms with Gasteiger partial charge in [-0.2, -0.15) is 0 Å². The highest BCUT2D eigenvalue weighted by atomic mass is 28.5. The lowest BCUT2D eigenvalue weighted by molar-refractivity contribution is 0.116. The van der Waals surface area contributed by atoms with Gasteiger partial charge in [-0.1, -0.05) is 0 Å². The van der Waals surface area contributed by atoms with Crippen LogP contribution in [0.25, 0.3) is 0 Å². The molecule has 2 aliphatic rings. The predicted molar refractivity (Wildman–Crippen MR) is 245 cm³/mol. The van der Waals surface area contributed by atoms with E-state index >= 15 is 0 Å². The Bertz CT molecular complexity index is 1090. The van der Waals surface area contributed by atoms with Gasteiger partial charge in [0.25, 0.3) is 0 Å². The van der Waals surface area contributed by atoms with Crippen molar-refractivity contribution < 1.29 is 56.0 Å². The van der Waals surface area contributed by atoms with E-state index < -0.39 is 85.1 Å². The molecule has 2 unspecified atom stereocenters. The van der Waals surface area contributed by atoms with Crippen molar-refractivity contribution in [2.24, 2.45) is 0 Å². The SMILES string of the molecule is C[Si](C)(CCCOCC1CO1)O[Si](C)(C)O[Si](C)(C)O[Si](C)(C)O[Si](C)(C)O[Si](C)(C)O[Si](C)(C)O[Si](C)(C)O[Si](C)(C)O[Si](C)(C)CCCOCC1CO1. The summed E-state index contributed by atoms with van der Waals surface area (Å²) in [7, 11) is -24.9. The molecule has 0 N–H and O–H groups in total. The van der Waals surface area contributed by atoms with Crippen LogP contribution >= 0.6 is 0 Å². The third-order valence-corrected chi connectivity index (χ3v) is 47.0. The first-order valence-electron chi connectivity index (χ1n) is 20.2. The van der Waals surface area contributed by atoms with Gasteiger partial charge >= 0.3 is 68.5 Å². The second-order valence-electron chi connectivity index (χ2n) is 19.9. The van der Waals surface area contributed by atoms with Crippen molar-refractivity contribution in [3.05, 3.63) is 0 Å². The second-order valence-corrected chi connectivity index (χ2v) is 57.7. The summed E-state index contributed by atoms with van der Waals surface area (Å²) in [5, 5.41) is 0. The van der Waals surface area contributed by atoms with E-state index in [4.69, 9.17) is 56.0 Å². The van der Waals surface area contributed by atoms with Crippen molar-refractivity contribution in [3.63, 3.8) is 0 Å². The van der Waals surface area contributed by atoms with Gasteiger partial charge in [-0.3, -0.25) is 0 Å². The Morgan fingerprint density at radius 3 is 0.745 bits per heavy atom. The van der Waals surface area contributed by atoms with Crippen LogP contribution in [0, 0.1) is 0 Å². The molecule has 0 aliphatic carbocycles. The van der Waals surface area contributed by atoms with Crippen LogP contribution in [0.4, 0.5) is 0 Å². The zero-order chi connectivity index (χ0) is 42.4. The molecule has 2 atom stereocenters. The summed E-state index contributed by atoms with van der Waals surface area (Å²) in [6.45, 7) is 47.2. The molecule has 23 heteroatoms. The molecule has 0 bridgehead atoms. The molecule has 2 heterocycles. The molecule has 2 fully saturated rings. The Hall–Kier alpha value is 1.65. The average molecular weight is 956 g/mol. The lowest BCUT2D eigenvalue weighted by atomic mass is 10.5. The fourth-order valence-corrected chi connectivity index (χ4v) is 58.6. The molecule has 328 valence electrons. The highest BCUT2D eigenvalue weighted by Crippen LogP contribution is 2.31. The van der Waals surface area contributed by atoms with E-state index in [2.05, 4.69) is 131 Å². The third kappa shape index (κ3) is 25.2. The van der Waals surface area contributed by atoms with Crippen molar-refractivity contribution in [2.45, 2.75) is 168 Å².